The third-order valence-electron chi connectivity index (χ3n) is 0. The van der Waals surface area contributed by atoms with E-state index in [-0.39, 0.29) is 41.5 Å². The molecule has 0 rings (SSSR count). The zero-order valence-corrected chi connectivity index (χ0v) is 6.17. The molecule has 0 saturated carbocycles. The molecule has 0 aliphatic carbocycles. The van der Waals surface area contributed by atoms with Gasteiger partial charge >= 0.3 is 0 Å². The van der Waals surface area contributed by atoms with Crippen molar-refractivity contribution in [3.63, 3.8) is 0 Å². The van der Waals surface area contributed by atoms with E-state index in [1.54, 1.807) is 0 Å². The van der Waals surface area contributed by atoms with Crippen molar-refractivity contribution in [1.82, 2.24) is 0 Å². The van der Waals surface area contributed by atoms with E-state index >= 15 is 0 Å². The van der Waals surface area contributed by atoms with Crippen molar-refractivity contribution in [2.45, 2.75) is 0 Å². The summed E-state index contributed by atoms with van der Waals surface area (Å²) in [6.07, 6.45) is 0. The molecule has 6 heavy (non-hydrogen) atoms. The van der Waals surface area contributed by atoms with E-state index in [1.807, 2.05) is 0 Å². The second kappa shape index (κ2) is 9.12. The molecule has 0 aliphatic rings. The van der Waals surface area contributed by atoms with Gasteiger partial charge in [0.25, 0.3) is 5.09 Å². The molecule has 0 heterocycles. The summed E-state index contributed by atoms with van der Waals surface area (Å²) in [6, 6.07) is 0. The summed E-state index contributed by atoms with van der Waals surface area (Å²) in [5.41, 5.74) is 0. The smallest absolute Gasteiger partial charge is 0.291 e. The maximum Gasteiger partial charge on any atom is 0.291 e. The van der Waals surface area contributed by atoms with E-state index in [0.29, 0.717) is 0 Å². The molecule has 0 spiro atoms. The molecule has 0 atom stereocenters. The topological polar surface area (TPSA) is 63.4 Å². The van der Waals surface area contributed by atoms with Crippen LogP contribution in [0.1, 0.15) is 0 Å². The normalized spacial score (nSPS) is 4.00. The van der Waals surface area contributed by atoms with Crippen LogP contribution in [-0.4, -0.2) is 10.3 Å². The Hall–Kier alpha value is 0.551. The molecule has 0 aromatic heterocycles. The predicted octanol–water partition coefficient (Wildman–Crippen LogP) is -0.353. The zero-order chi connectivity index (χ0) is 3.58. The van der Waals surface area contributed by atoms with Gasteiger partial charge in [-0.25, -0.2) is 0 Å². The Morgan fingerprint density at radius 2 is 1.67 bits per heavy atom. The first-order valence-electron chi connectivity index (χ1n) is 0.565. The Labute approximate surface area is 61.9 Å². The molecule has 0 aromatic rings. The predicted molar refractivity (Wildman–Crippen MR) is 8.78 cm³/mol. The van der Waals surface area contributed by atoms with Crippen LogP contribution in [0.15, 0.2) is 0 Å². The fraction of sp³-hybridized carbons (Fsp3) is 0. The summed E-state index contributed by atoms with van der Waals surface area (Å²) in [4.78, 5) is 8.36. The van der Waals surface area contributed by atoms with Crippen molar-refractivity contribution in [3.8, 4) is 0 Å². The molecule has 4 nitrogen and oxygen atoms in total. The minimum atomic E-state index is -1.50. The SMILES string of the molecule is O=[N+]([O-])O.[Pd].[Pt]. The van der Waals surface area contributed by atoms with Crippen molar-refractivity contribution in [1.29, 1.82) is 0 Å². The first-order valence-corrected chi connectivity index (χ1v) is 0.565. The first kappa shape index (κ1) is 16.0. The van der Waals surface area contributed by atoms with E-state index < -0.39 is 5.09 Å². The van der Waals surface area contributed by atoms with Gasteiger partial charge in [0.15, 0.2) is 0 Å². The third-order valence-corrected chi connectivity index (χ3v) is 0. The van der Waals surface area contributed by atoms with Gasteiger partial charge in [-0.3, -0.25) is 0 Å². The van der Waals surface area contributed by atoms with Gasteiger partial charge in [-0.1, -0.05) is 0 Å². The quantitative estimate of drug-likeness (QED) is 0.363. The van der Waals surface area contributed by atoms with Crippen LogP contribution < -0.4 is 0 Å². The molecule has 0 saturated heterocycles. The van der Waals surface area contributed by atoms with Gasteiger partial charge in [0.1, 0.15) is 0 Å². The van der Waals surface area contributed by atoms with Crippen molar-refractivity contribution in [2.75, 3.05) is 0 Å². The van der Waals surface area contributed by atoms with Gasteiger partial charge in [-0.05, 0) is 0 Å². The Bertz CT molecular complexity index is 33.8. The van der Waals surface area contributed by atoms with Crippen LogP contribution in [0.4, 0.5) is 0 Å². The standard InChI is InChI=1S/HNO3.Pd.Pt/c2-1(3)4;;/h(H,2,3,4);;. The average molecular weight is 365 g/mol. The van der Waals surface area contributed by atoms with Crippen molar-refractivity contribution >= 4 is 0 Å². The molecule has 0 amide bonds. The maximum absolute atomic E-state index is 8.36. The first-order chi connectivity index (χ1) is 1.73. The summed E-state index contributed by atoms with van der Waals surface area (Å²) >= 11 is 0. The van der Waals surface area contributed by atoms with Crippen LogP contribution in [0.3, 0.4) is 0 Å². The molecule has 44 valence electrons. The van der Waals surface area contributed by atoms with Crippen molar-refractivity contribution in [2.24, 2.45) is 0 Å². The average Bonchev–Trinajstić information content (AvgIpc) is 0.811. The number of rotatable bonds is 0. The maximum atomic E-state index is 8.36. The Balaban J connectivity index is -0.0000000450. The fourth-order valence-corrected chi connectivity index (χ4v) is 0. The van der Waals surface area contributed by atoms with Gasteiger partial charge in [0, 0.05) is 41.5 Å². The minimum absolute atomic E-state index is 0. The molecular formula is HNO3PdPt. The van der Waals surface area contributed by atoms with Gasteiger partial charge in [-0.15, -0.1) is 10.1 Å². The molecule has 0 fully saturated rings. The van der Waals surface area contributed by atoms with Gasteiger partial charge in [0.05, 0.1) is 0 Å². The van der Waals surface area contributed by atoms with E-state index in [2.05, 4.69) is 0 Å². The van der Waals surface area contributed by atoms with Crippen LogP contribution in [0.25, 0.3) is 0 Å². The van der Waals surface area contributed by atoms with E-state index in [1.165, 1.54) is 0 Å². The molecule has 0 unspecified atom stereocenters. The fourth-order valence-electron chi connectivity index (χ4n) is 0. The van der Waals surface area contributed by atoms with E-state index in [9.17, 15) is 0 Å². The molecular weight excluding hydrogens is 364 g/mol. The molecule has 0 aromatic carbocycles. The van der Waals surface area contributed by atoms with Crippen molar-refractivity contribution in [3.05, 3.63) is 10.1 Å². The monoisotopic (exact) mass is 364 g/mol. The van der Waals surface area contributed by atoms with Crippen LogP contribution in [0.5, 0.6) is 0 Å². The van der Waals surface area contributed by atoms with Gasteiger partial charge < -0.3 is 5.21 Å². The number of hydrogen-bond donors (Lipinski definition) is 1. The summed E-state index contributed by atoms with van der Waals surface area (Å²) in [5, 5.41) is 13.6. The number of nitrogens with zero attached hydrogens (tertiary/aromatic N) is 1. The van der Waals surface area contributed by atoms with E-state index in [0.717, 1.165) is 0 Å². The van der Waals surface area contributed by atoms with Gasteiger partial charge in [0.2, 0.25) is 0 Å². The molecule has 0 radical (unpaired) electrons. The molecule has 0 aliphatic heterocycles. The summed E-state index contributed by atoms with van der Waals surface area (Å²) in [5.74, 6) is 0. The van der Waals surface area contributed by atoms with Crippen molar-refractivity contribution < 1.29 is 51.8 Å². The Kier molecular flexibility index (Phi) is 24.3. The van der Waals surface area contributed by atoms with Gasteiger partial charge in [-0.2, -0.15) is 0 Å². The van der Waals surface area contributed by atoms with Crippen LogP contribution in [-0.2, 0) is 41.5 Å². The van der Waals surface area contributed by atoms with E-state index in [4.69, 9.17) is 15.3 Å². The third kappa shape index (κ3) is 189. The largest absolute Gasteiger partial charge is 0.328 e. The summed E-state index contributed by atoms with van der Waals surface area (Å²) < 4.78 is 0. The summed E-state index contributed by atoms with van der Waals surface area (Å²) in [7, 11) is 0. The molecule has 6 heteroatoms. The second-order valence-corrected chi connectivity index (χ2v) is 0.238. The minimum Gasteiger partial charge on any atom is -0.328 e. The second-order valence-electron chi connectivity index (χ2n) is 0.238. The summed E-state index contributed by atoms with van der Waals surface area (Å²) in [6.45, 7) is 0. The Morgan fingerprint density at radius 1 is 1.67 bits per heavy atom. The number of hydrogen-bond acceptors (Lipinski definition) is 2. The molecule has 1 N–H and O–H groups in total. The Morgan fingerprint density at radius 3 is 1.67 bits per heavy atom. The van der Waals surface area contributed by atoms with Crippen LogP contribution in [0.2, 0.25) is 0 Å². The van der Waals surface area contributed by atoms with Crippen LogP contribution >= 0.6 is 0 Å². The van der Waals surface area contributed by atoms with Crippen LogP contribution in [0, 0.1) is 10.1 Å². The molecule has 0 bridgehead atoms. The zero-order valence-electron chi connectivity index (χ0n) is 2.34.